The third-order valence-corrected chi connectivity index (χ3v) is 7.19. The highest BCUT2D eigenvalue weighted by molar-refractivity contribution is 7.92. The van der Waals surface area contributed by atoms with E-state index in [4.69, 9.17) is 9.47 Å². The summed E-state index contributed by atoms with van der Waals surface area (Å²) in [7, 11) is -3.61. The number of hydrogen-bond acceptors (Lipinski definition) is 6. The average Bonchev–Trinajstić information content (AvgIpc) is 2.83. The molecule has 32 heavy (non-hydrogen) atoms. The Morgan fingerprint density at radius 1 is 1.06 bits per heavy atom. The predicted molar refractivity (Wildman–Crippen MR) is 119 cm³/mol. The molecule has 9 nitrogen and oxygen atoms in total. The average molecular weight is 460 g/mol. The van der Waals surface area contributed by atoms with Crippen LogP contribution >= 0.6 is 0 Å². The largest absolute Gasteiger partial charge is 0.476 e. The molecule has 0 saturated carbocycles. The number of fused-ring (bicyclic) bond motifs is 1. The third kappa shape index (κ3) is 4.42. The van der Waals surface area contributed by atoms with Crippen LogP contribution in [0.15, 0.2) is 48.5 Å². The molecule has 1 atom stereocenters. The van der Waals surface area contributed by atoms with E-state index in [9.17, 15) is 18.0 Å². The van der Waals surface area contributed by atoms with Crippen LogP contribution in [0.3, 0.4) is 0 Å². The topological polar surface area (TPSA) is 105 Å². The number of carbonyl (C=O) groups excluding carboxylic acids is 2. The second-order valence-corrected chi connectivity index (χ2v) is 9.63. The first kappa shape index (κ1) is 22.1. The lowest BCUT2D eigenvalue weighted by Crippen LogP contribution is -2.49. The van der Waals surface area contributed by atoms with Gasteiger partial charge in [-0.15, -0.1) is 0 Å². The van der Waals surface area contributed by atoms with Crippen LogP contribution in [0.5, 0.6) is 5.75 Å². The van der Waals surface area contributed by atoms with E-state index in [0.717, 1.165) is 0 Å². The van der Waals surface area contributed by atoms with Crippen molar-refractivity contribution in [3.8, 4) is 5.75 Å². The number of ether oxygens (including phenoxy) is 2. The Balaban J connectivity index is 1.57. The summed E-state index contributed by atoms with van der Waals surface area (Å²) in [5, 5.41) is 2.76. The number of nitrogens with zero attached hydrogens (tertiary/aromatic N) is 2. The zero-order valence-corrected chi connectivity index (χ0v) is 18.5. The normalized spacial score (nSPS) is 18.5. The van der Waals surface area contributed by atoms with E-state index in [-0.39, 0.29) is 18.2 Å². The van der Waals surface area contributed by atoms with Crippen molar-refractivity contribution in [2.24, 2.45) is 0 Å². The maximum atomic E-state index is 13.1. The molecule has 2 aromatic carbocycles. The standard InChI is InChI=1S/C22H25N3O6S/c1-2-32(28,29)25-15-20(31-19-10-6-5-9-18(19)25)21(26)23-17-8-4-3-7-16(17)22(27)24-11-13-30-14-12-24/h3-10,20H,2,11-15H2,1H3,(H,23,26). The van der Waals surface area contributed by atoms with Crippen molar-refractivity contribution in [2.45, 2.75) is 13.0 Å². The molecule has 2 aliphatic rings. The number of morpholine rings is 1. The number of nitrogens with one attached hydrogen (secondary N) is 1. The molecule has 0 bridgehead atoms. The summed E-state index contributed by atoms with van der Waals surface area (Å²) in [5.41, 5.74) is 1.11. The molecule has 0 radical (unpaired) electrons. The molecule has 2 aliphatic heterocycles. The summed E-state index contributed by atoms with van der Waals surface area (Å²) in [4.78, 5) is 27.7. The molecule has 2 aromatic rings. The summed E-state index contributed by atoms with van der Waals surface area (Å²) in [6, 6.07) is 13.4. The van der Waals surface area contributed by atoms with Crippen molar-refractivity contribution in [3.63, 3.8) is 0 Å². The first-order valence-corrected chi connectivity index (χ1v) is 12.0. The van der Waals surface area contributed by atoms with Crippen LogP contribution < -0.4 is 14.4 Å². The van der Waals surface area contributed by atoms with Gasteiger partial charge in [0, 0.05) is 13.1 Å². The summed E-state index contributed by atoms with van der Waals surface area (Å²) < 4.78 is 37.6. The summed E-state index contributed by atoms with van der Waals surface area (Å²) in [6.45, 7) is 3.30. The van der Waals surface area contributed by atoms with Crippen LogP contribution in [-0.4, -0.2) is 69.8 Å². The van der Waals surface area contributed by atoms with Crippen LogP contribution in [0.2, 0.25) is 0 Å². The van der Waals surface area contributed by atoms with E-state index in [2.05, 4.69) is 5.32 Å². The van der Waals surface area contributed by atoms with E-state index in [1.165, 1.54) is 4.31 Å². The second kappa shape index (κ2) is 9.17. The molecule has 0 spiro atoms. The van der Waals surface area contributed by atoms with Crippen LogP contribution in [-0.2, 0) is 19.6 Å². The van der Waals surface area contributed by atoms with Gasteiger partial charge in [-0.25, -0.2) is 8.42 Å². The van der Waals surface area contributed by atoms with Crippen LogP contribution in [0.1, 0.15) is 17.3 Å². The van der Waals surface area contributed by atoms with Crippen molar-refractivity contribution in [1.82, 2.24) is 4.90 Å². The van der Waals surface area contributed by atoms with E-state index < -0.39 is 22.0 Å². The molecule has 1 fully saturated rings. The van der Waals surface area contributed by atoms with Gasteiger partial charge in [0.2, 0.25) is 10.0 Å². The molecule has 1 unspecified atom stereocenters. The van der Waals surface area contributed by atoms with E-state index in [0.29, 0.717) is 49.0 Å². The van der Waals surface area contributed by atoms with Crippen molar-refractivity contribution < 1.29 is 27.5 Å². The van der Waals surface area contributed by atoms with Gasteiger partial charge >= 0.3 is 0 Å². The molecule has 1 N–H and O–H groups in total. The fraction of sp³-hybridized carbons (Fsp3) is 0.364. The molecule has 0 aliphatic carbocycles. The maximum absolute atomic E-state index is 13.1. The fourth-order valence-electron chi connectivity index (χ4n) is 3.69. The lowest BCUT2D eigenvalue weighted by molar-refractivity contribution is -0.122. The van der Waals surface area contributed by atoms with Crippen molar-refractivity contribution >= 4 is 33.2 Å². The predicted octanol–water partition coefficient (Wildman–Crippen LogP) is 1.71. The van der Waals surface area contributed by atoms with Gasteiger partial charge in [-0.3, -0.25) is 13.9 Å². The molecular weight excluding hydrogens is 434 g/mol. The number of hydrogen-bond donors (Lipinski definition) is 1. The zero-order valence-electron chi connectivity index (χ0n) is 17.7. The molecule has 170 valence electrons. The Kier molecular flexibility index (Phi) is 6.33. The zero-order chi connectivity index (χ0) is 22.7. The molecule has 2 amide bonds. The molecular formula is C22H25N3O6S. The van der Waals surface area contributed by atoms with E-state index >= 15 is 0 Å². The number of sulfonamides is 1. The lowest BCUT2D eigenvalue weighted by atomic mass is 10.1. The summed E-state index contributed by atoms with van der Waals surface area (Å²) in [6.07, 6.45) is -1.07. The maximum Gasteiger partial charge on any atom is 0.267 e. The van der Waals surface area contributed by atoms with Crippen LogP contribution in [0.25, 0.3) is 0 Å². The number of para-hydroxylation sites is 3. The van der Waals surface area contributed by atoms with E-state index in [1.54, 1.807) is 60.4 Å². The minimum atomic E-state index is -3.61. The third-order valence-electron chi connectivity index (χ3n) is 5.44. The minimum Gasteiger partial charge on any atom is -0.476 e. The highest BCUT2D eigenvalue weighted by atomic mass is 32.2. The van der Waals surface area contributed by atoms with Gasteiger partial charge in [-0.1, -0.05) is 24.3 Å². The summed E-state index contributed by atoms with van der Waals surface area (Å²) in [5.74, 6) is -0.520. The SMILES string of the molecule is CCS(=O)(=O)N1CC(C(=O)Nc2ccccc2C(=O)N2CCOCC2)Oc2ccccc21. The van der Waals surface area contributed by atoms with Gasteiger partial charge in [-0.05, 0) is 31.2 Å². The summed E-state index contributed by atoms with van der Waals surface area (Å²) >= 11 is 0. The fourth-order valence-corrected chi connectivity index (χ4v) is 4.81. The van der Waals surface area contributed by atoms with Crippen molar-refractivity contribution in [2.75, 3.05) is 48.2 Å². The quantitative estimate of drug-likeness (QED) is 0.730. The number of rotatable bonds is 5. The number of anilines is 2. The van der Waals surface area contributed by atoms with Gasteiger partial charge in [0.15, 0.2) is 6.10 Å². The minimum absolute atomic E-state index is 0.105. The first-order valence-electron chi connectivity index (χ1n) is 10.4. The Morgan fingerprint density at radius 3 is 2.50 bits per heavy atom. The van der Waals surface area contributed by atoms with Crippen LogP contribution in [0.4, 0.5) is 11.4 Å². The Bertz CT molecular complexity index is 1110. The van der Waals surface area contributed by atoms with Gasteiger partial charge in [0.1, 0.15) is 5.75 Å². The van der Waals surface area contributed by atoms with Crippen molar-refractivity contribution in [3.05, 3.63) is 54.1 Å². The van der Waals surface area contributed by atoms with E-state index in [1.807, 2.05) is 0 Å². The van der Waals surface area contributed by atoms with Gasteiger partial charge < -0.3 is 19.7 Å². The van der Waals surface area contributed by atoms with Crippen molar-refractivity contribution in [1.29, 1.82) is 0 Å². The molecule has 4 rings (SSSR count). The second-order valence-electron chi connectivity index (χ2n) is 7.45. The van der Waals surface area contributed by atoms with Gasteiger partial charge in [0.05, 0.1) is 42.4 Å². The highest BCUT2D eigenvalue weighted by Gasteiger charge is 2.36. The Morgan fingerprint density at radius 2 is 1.75 bits per heavy atom. The van der Waals surface area contributed by atoms with Gasteiger partial charge in [-0.2, -0.15) is 0 Å². The number of carbonyl (C=O) groups is 2. The molecule has 2 heterocycles. The number of amides is 2. The molecule has 10 heteroatoms. The Labute approximate surface area is 187 Å². The molecule has 0 aromatic heterocycles. The smallest absolute Gasteiger partial charge is 0.267 e. The van der Waals surface area contributed by atoms with Gasteiger partial charge in [0.25, 0.3) is 11.8 Å². The Hall–Kier alpha value is -3.11. The lowest BCUT2D eigenvalue weighted by Gasteiger charge is -2.34. The number of benzene rings is 2. The highest BCUT2D eigenvalue weighted by Crippen LogP contribution is 2.35. The van der Waals surface area contributed by atoms with Crippen LogP contribution in [0, 0.1) is 0 Å². The monoisotopic (exact) mass is 459 g/mol. The molecule has 1 saturated heterocycles. The first-order chi connectivity index (χ1) is 15.4.